The van der Waals surface area contributed by atoms with E-state index in [0.717, 1.165) is 31.7 Å². The second-order valence-electron chi connectivity index (χ2n) is 5.63. The molecule has 2 N–H and O–H groups in total. The molecule has 2 aliphatic heterocycles. The first-order valence-corrected chi connectivity index (χ1v) is 7.31. The molecule has 5 nitrogen and oxygen atoms in total. The van der Waals surface area contributed by atoms with Gasteiger partial charge in [-0.1, -0.05) is 6.07 Å². The van der Waals surface area contributed by atoms with E-state index < -0.39 is 0 Å². The van der Waals surface area contributed by atoms with Gasteiger partial charge in [0.05, 0.1) is 19.1 Å². The van der Waals surface area contributed by atoms with Gasteiger partial charge in [-0.2, -0.15) is 0 Å². The molecular formula is C15H21N3O2. The Balaban J connectivity index is 1.47. The Hall–Kier alpha value is -1.46. The highest BCUT2D eigenvalue weighted by atomic mass is 16.5. The number of nitrogens with zero attached hydrogens (tertiary/aromatic N) is 1. The van der Waals surface area contributed by atoms with Crippen molar-refractivity contribution in [1.29, 1.82) is 0 Å². The lowest BCUT2D eigenvalue weighted by Gasteiger charge is -2.27. The molecule has 0 spiro atoms. The summed E-state index contributed by atoms with van der Waals surface area (Å²) >= 11 is 0. The van der Waals surface area contributed by atoms with Gasteiger partial charge in [0.1, 0.15) is 0 Å². The Morgan fingerprint density at radius 2 is 2.50 bits per heavy atom. The molecule has 2 aliphatic rings. The number of pyridine rings is 1. The van der Waals surface area contributed by atoms with Crippen LogP contribution >= 0.6 is 0 Å². The standard InChI is InChI=1S/C15H21N3O2/c19-15(18-8-11-2-1-4-16-7-11)6-14-13-3-5-17-9-12(13)10-20-14/h1-2,4,7,12-14,17H,3,5-6,8-10H2,(H,18,19)/t12-,13-,14-/m1/s1. The molecular weight excluding hydrogens is 254 g/mol. The fraction of sp³-hybridized carbons (Fsp3) is 0.600. The number of nitrogens with one attached hydrogen (secondary N) is 2. The minimum Gasteiger partial charge on any atom is -0.377 e. The van der Waals surface area contributed by atoms with Crippen LogP contribution in [0.4, 0.5) is 0 Å². The Labute approximate surface area is 119 Å². The molecule has 3 rings (SSSR count). The average Bonchev–Trinajstić information content (AvgIpc) is 2.90. The molecule has 0 saturated carbocycles. The smallest absolute Gasteiger partial charge is 0.222 e. The second-order valence-corrected chi connectivity index (χ2v) is 5.63. The van der Waals surface area contributed by atoms with E-state index in [9.17, 15) is 4.79 Å². The largest absolute Gasteiger partial charge is 0.377 e. The third kappa shape index (κ3) is 3.16. The van der Waals surface area contributed by atoms with Crippen LogP contribution in [0, 0.1) is 11.8 Å². The van der Waals surface area contributed by atoms with Gasteiger partial charge in [0, 0.05) is 31.4 Å². The zero-order chi connectivity index (χ0) is 13.8. The molecule has 0 unspecified atom stereocenters. The molecule has 3 heterocycles. The van der Waals surface area contributed by atoms with Crippen LogP contribution in [0.3, 0.4) is 0 Å². The summed E-state index contributed by atoms with van der Waals surface area (Å²) in [5, 5.41) is 6.34. The normalized spacial score (nSPS) is 28.9. The molecule has 20 heavy (non-hydrogen) atoms. The van der Waals surface area contributed by atoms with Crippen molar-refractivity contribution in [3.05, 3.63) is 30.1 Å². The number of amides is 1. The first-order valence-electron chi connectivity index (χ1n) is 7.31. The highest BCUT2D eigenvalue weighted by Crippen LogP contribution is 2.33. The maximum absolute atomic E-state index is 12.0. The number of hydrogen-bond donors (Lipinski definition) is 2. The van der Waals surface area contributed by atoms with Crippen LogP contribution in [0.25, 0.3) is 0 Å². The maximum atomic E-state index is 12.0. The molecule has 1 aromatic heterocycles. The molecule has 2 fully saturated rings. The van der Waals surface area contributed by atoms with Crippen LogP contribution in [0.5, 0.6) is 0 Å². The average molecular weight is 275 g/mol. The number of rotatable bonds is 4. The topological polar surface area (TPSA) is 63.2 Å². The van der Waals surface area contributed by atoms with E-state index in [4.69, 9.17) is 4.74 Å². The fourth-order valence-electron chi connectivity index (χ4n) is 3.15. The van der Waals surface area contributed by atoms with Crippen molar-refractivity contribution in [2.75, 3.05) is 19.7 Å². The van der Waals surface area contributed by atoms with Crippen LogP contribution in [0.15, 0.2) is 24.5 Å². The summed E-state index contributed by atoms with van der Waals surface area (Å²) in [4.78, 5) is 16.1. The monoisotopic (exact) mass is 275 g/mol. The van der Waals surface area contributed by atoms with Crippen molar-refractivity contribution in [2.45, 2.75) is 25.5 Å². The lowest BCUT2D eigenvalue weighted by atomic mass is 9.84. The number of aromatic nitrogens is 1. The minimum atomic E-state index is 0.0676. The summed E-state index contributed by atoms with van der Waals surface area (Å²) in [6.07, 6.45) is 5.19. The van der Waals surface area contributed by atoms with Crippen molar-refractivity contribution in [3.8, 4) is 0 Å². The van der Waals surface area contributed by atoms with E-state index in [2.05, 4.69) is 15.6 Å². The number of fused-ring (bicyclic) bond motifs is 1. The molecule has 108 valence electrons. The molecule has 5 heteroatoms. The van der Waals surface area contributed by atoms with Crippen LogP contribution in [0.2, 0.25) is 0 Å². The summed E-state index contributed by atoms with van der Waals surface area (Å²) in [7, 11) is 0. The SMILES string of the molecule is O=C(C[C@H]1OC[C@H]2CNCC[C@H]21)NCc1cccnc1. The molecule has 0 aromatic carbocycles. The molecule has 3 atom stereocenters. The molecule has 0 radical (unpaired) electrons. The summed E-state index contributed by atoms with van der Waals surface area (Å²) in [6, 6.07) is 3.84. The third-order valence-electron chi connectivity index (χ3n) is 4.27. The van der Waals surface area contributed by atoms with Crippen LogP contribution in [-0.4, -0.2) is 36.7 Å². The van der Waals surface area contributed by atoms with E-state index in [1.54, 1.807) is 12.4 Å². The number of piperidine rings is 1. The van der Waals surface area contributed by atoms with Gasteiger partial charge in [0.15, 0.2) is 0 Å². The highest BCUT2D eigenvalue weighted by molar-refractivity contribution is 5.76. The van der Waals surface area contributed by atoms with Crippen LogP contribution < -0.4 is 10.6 Å². The number of carbonyl (C=O) groups excluding carboxylic acids is 1. The lowest BCUT2D eigenvalue weighted by molar-refractivity contribution is -0.123. The van der Waals surface area contributed by atoms with Gasteiger partial charge >= 0.3 is 0 Å². The van der Waals surface area contributed by atoms with Gasteiger partial charge in [-0.05, 0) is 30.5 Å². The summed E-state index contributed by atoms with van der Waals surface area (Å²) in [5.41, 5.74) is 1.02. The third-order valence-corrected chi connectivity index (χ3v) is 4.27. The van der Waals surface area contributed by atoms with Crippen molar-refractivity contribution in [3.63, 3.8) is 0 Å². The molecule has 1 aromatic rings. The molecule has 1 amide bonds. The number of carbonyl (C=O) groups is 1. The van der Waals surface area contributed by atoms with E-state index in [1.165, 1.54) is 0 Å². The Morgan fingerprint density at radius 3 is 3.35 bits per heavy atom. The zero-order valence-electron chi connectivity index (χ0n) is 11.5. The first kappa shape index (κ1) is 13.5. The van der Waals surface area contributed by atoms with Crippen molar-refractivity contribution in [1.82, 2.24) is 15.6 Å². The summed E-state index contributed by atoms with van der Waals surface area (Å²) in [6.45, 7) is 3.39. The van der Waals surface area contributed by atoms with Crippen molar-refractivity contribution >= 4 is 5.91 Å². The second kappa shape index (κ2) is 6.33. The van der Waals surface area contributed by atoms with Gasteiger partial charge in [0.25, 0.3) is 0 Å². The molecule has 0 bridgehead atoms. The van der Waals surface area contributed by atoms with Crippen LogP contribution in [0.1, 0.15) is 18.4 Å². The van der Waals surface area contributed by atoms with Crippen LogP contribution in [-0.2, 0) is 16.1 Å². The Bertz CT molecular complexity index is 452. The Kier molecular flexibility index (Phi) is 4.28. The van der Waals surface area contributed by atoms with E-state index in [-0.39, 0.29) is 12.0 Å². The van der Waals surface area contributed by atoms with Gasteiger partial charge in [-0.15, -0.1) is 0 Å². The summed E-state index contributed by atoms with van der Waals surface area (Å²) in [5.74, 6) is 1.19. The fourth-order valence-corrected chi connectivity index (χ4v) is 3.15. The lowest BCUT2D eigenvalue weighted by Crippen LogP contribution is -2.39. The van der Waals surface area contributed by atoms with Crippen molar-refractivity contribution < 1.29 is 9.53 Å². The maximum Gasteiger partial charge on any atom is 0.222 e. The minimum absolute atomic E-state index is 0.0676. The Morgan fingerprint density at radius 1 is 1.55 bits per heavy atom. The molecule has 0 aliphatic carbocycles. The molecule has 2 saturated heterocycles. The predicted octanol–water partition coefficient (Wildman–Crippen LogP) is 0.712. The van der Waals surface area contributed by atoms with Gasteiger partial charge in [-0.25, -0.2) is 0 Å². The van der Waals surface area contributed by atoms with E-state index in [0.29, 0.717) is 24.8 Å². The highest BCUT2D eigenvalue weighted by Gasteiger charge is 2.39. The van der Waals surface area contributed by atoms with Gasteiger partial charge in [0.2, 0.25) is 5.91 Å². The van der Waals surface area contributed by atoms with Gasteiger partial charge in [-0.3, -0.25) is 9.78 Å². The quantitative estimate of drug-likeness (QED) is 0.849. The zero-order valence-corrected chi connectivity index (χ0v) is 11.5. The van der Waals surface area contributed by atoms with Crippen molar-refractivity contribution in [2.24, 2.45) is 11.8 Å². The summed E-state index contributed by atoms with van der Waals surface area (Å²) < 4.78 is 5.81. The first-order chi connectivity index (χ1) is 9.83. The number of ether oxygens (including phenoxy) is 1. The van der Waals surface area contributed by atoms with E-state index in [1.807, 2.05) is 12.1 Å². The van der Waals surface area contributed by atoms with Gasteiger partial charge < -0.3 is 15.4 Å². The predicted molar refractivity (Wildman–Crippen MR) is 74.9 cm³/mol. The van der Waals surface area contributed by atoms with E-state index >= 15 is 0 Å². The number of hydrogen-bond acceptors (Lipinski definition) is 4.